The van der Waals surface area contributed by atoms with Gasteiger partial charge in [-0.15, -0.1) is 0 Å². The van der Waals surface area contributed by atoms with E-state index in [2.05, 4.69) is 11.9 Å². The molecule has 0 radical (unpaired) electrons. The summed E-state index contributed by atoms with van der Waals surface area (Å²) in [5, 5.41) is 0. The molecule has 0 bridgehead atoms. The first-order chi connectivity index (χ1) is 14.5. The van der Waals surface area contributed by atoms with Crippen molar-refractivity contribution in [2.75, 3.05) is 4.90 Å². The third-order valence-electron chi connectivity index (χ3n) is 5.46. The number of amides is 1. The molecule has 0 fully saturated rings. The third kappa shape index (κ3) is 3.63. The fourth-order valence-corrected chi connectivity index (χ4v) is 3.75. The third-order valence-corrected chi connectivity index (χ3v) is 5.46. The predicted octanol–water partition coefficient (Wildman–Crippen LogP) is 5.35. The van der Waals surface area contributed by atoms with Gasteiger partial charge in [0.15, 0.2) is 11.6 Å². The zero-order valence-corrected chi connectivity index (χ0v) is 17.6. The number of hydrogen-bond acceptors (Lipinski definition) is 4. The number of Topliss-reactive ketones (excluding diaryl/α,β-unsaturated/α-hetero) is 1. The Morgan fingerprint density at radius 1 is 1.03 bits per heavy atom. The number of rotatable bonds is 6. The summed E-state index contributed by atoms with van der Waals surface area (Å²) in [6, 6.07) is 15.6. The fraction of sp³-hybridized carbons (Fsp3) is 0.280. The molecule has 2 heterocycles. The monoisotopic (exact) mass is 399 g/mol. The summed E-state index contributed by atoms with van der Waals surface area (Å²) in [4.78, 5) is 37.1. The first-order valence-corrected chi connectivity index (χ1v) is 10.4. The Morgan fingerprint density at radius 3 is 2.47 bits per heavy atom. The quantitative estimate of drug-likeness (QED) is 0.524. The number of nitrogens with zero attached hydrogens (tertiary/aromatic N) is 3. The van der Waals surface area contributed by atoms with Gasteiger partial charge in [0.05, 0.1) is 12.1 Å². The van der Waals surface area contributed by atoms with Gasteiger partial charge in [-0.25, -0.2) is 9.97 Å². The van der Waals surface area contributed by atoms with E-state index < -0.39 is 0 Å². The summed E-state index contributed by atoms with van der Waals surface area (Å²) in [5.74, 6) is 0.893. The van der Waals surface area contributed by atoms with E-state index >= 15 is 0 Å². The molecule has 0 N–H and O–H groups in total. The maximum Gasteiger partial charge on any atom is 0.237 e. The molecule has 0 atom stereocenters. The van der Waals surface area contributed by atoms with E-state index in [-0.39, 0.29) is 18.1 Å². The molecular weight excluding hydrogens is 374 g/mol. The van der Waals surface area contributed by atoms with E-state index in [0.29, 0.717) is 29.3 Å². The second kappa shape index (κ2) is 8.19. The van der Waals surface area contributed by atoms with E-state index in [4.69, 9.17) is 4.98 Å². The number of carbonyl (C=O) groups is 2. The van der Waals surface area contributed by atoms with Crippen molar-refractivity contribution in [2.45, 2.75) is 46.5 Å². The maximum absolute atomic E-state index is 13.0. The molecule has 1 amide bonds. The molecule has 0 saturated heterocycles. The normalized spacial score (nSPS) is 12.9. The van der Waals surface area contributed by atoms with Crippen LogP contribution in [-0.2, 0) is 11.2 Å². The molecule has 0 saturated carbocycles. The van der Waals surface area contributed by atoms with E-state index in [1.54, 1.807) is 4.90 Å². The van der Waals surface area contributed by atoms with Crippen LogP contribution in [0.2, 0.25) is 0 Å². The van der Waals surface area contributed by atoms with Crippen LogP contribution in [-0.4, -0.2) is 21.7 Å². The molecule has 4 rings (SSSR count). The summed E-state index contributed by atoms with van der Waals surface area (Å²) in [5.41, 5.74) is 4.76. The molecule has 1 aliphatic heterocycles. The maximum atomic E-state index is 13.0. The predicted molar refractivity (Wildman–Crippen MR) is 118 cm³/mol. The topological polar surface area (TPSA) is 63.2 Å². The minimum absolute atomic E-state index is 0.0247. The van der Waals surface area contributed by atoms with Gasteiger partial charge in [0.25, 0.3) is 0 Å². The van der Waals surface area contributed by atoms with E-state index in [9.17, 15) is 9.59 Å². The van der Waals surface area contributed by atoms with Gasteiger partial charge in [-0.05, 0) is 31.9 Å². The Bertz CT molecular complexity index is 1120. The van der Waals surface area contributed by atoms with E-state index in [1.807, 2.05) is 62.4 Å². The lowest BCUT2D eigenvalue weighted by molar-refractivity contribution is -0.116. The lowest BCUT2D eigenvalue weighted by Crippen LogP contribution is -2.22. The second-order valence-electron chi connectivity index (χ2n) is 7.78. The number of hydrogen-bond donors (Lipinski definition) is 0. The number of anilines is 2. The number of ketones is 1. The van der Waals surface area contributed by atoms with Crippen molar-refractivity contribution >= 4 is 23.2 Å². The van der Waals surface area contributed by atoms with Crippen molar-refractivity contribution in [2.24, 2.45) is 0 Å². The number of carbonyl (C=O) groups excluding carboxylic acids is 2. The number of aromatic nitrogens is 2. The van der Waals surface area contributed by atoms with Crippen molar-refractivity contribution < 1.29 is 9.59 Å². The summed E-state index contributed by atoms with van der Waals surface area (Å²) in [7, 11) is 0. The summed E-state index contributed by atoms with van der Waals surface area (Å²) in [6.45, 7) is 6.04. The Hall–Kier alpha value is -3.34. The van der Waals surface area contributed by atoms with Crippen molar-refractivity contribution in [3.05, 3.63) is 70.9 Å². The molecular formula is C25H25N3O2. The van der Waals surface area contributed by atoms with Gasteiger partial charge in [-0.3, -0.25) is 14.5 Å². The van der Waals surface area contributed by atoms with Gasteiger partial charge >= 0.3 is 0 Å². The average molecular weight is 399 g/mol. The van der Waals surface area contributed by atoms with Crippen LogP contribution in [0.1, 0.15) is 53.4 Å². The Labute approximate surface area is 176 Å². The van der Waals surface area contributed by atoms with Crippen LogP contribution in [0.3, 0.4) is 0 Å². The summed E-state index contributed by atoms with van der Waals surface area (Å²) in [6.07, 6.45) is 2.29. The highest BCUT2D eigenvalue weighted by Gasteiger charge is 2.35. The van der Waals surface area contributed by atoms with Crippen LogP contribution in [0.15, 0.2) is 48.5 Å². The Kier molecular flexibility index (Phi) is 5.44. The first kappa shape index (κ1) is 20.0. The zero-order chi connectivity index (χ0) is 21.3. The largest absolute Gasteiger partial charge is 0.292 e. The molecule has 3 aromatic rings. The number of para-hydroxylation sites is 1. The smallest absolute Gasteiger partial charge is 0.237 e. The lowest BCUT2D eigenvalue weighted by atomic mass is 10.0. The minimum atomic E-state index is -0.0841. The summed E-state index contributed by atoms with van der Waals surface area (Å²) < 4.78 is 0. The van der Waals surface area contributed by atoms with Crippen molar-refractivity contribution in [3.63, 3.8) is 0 Å². The lowest BCUT2D eigenvalue weighted by Gasteiger charge is -2.19. The van der Waals surface area contributed by atoms with E-state index in [0.717, 1.165) is 35.2 Å². The number of unbranched alkanes of at least 4 members (excludes halogenated alkanes) is 1. The highest BCUT2D eigenvalue weighted by atomic mass is 16.2. The number of fused-ring (bicyclic) bond motifs is 1. The average Bonchev–Trinajstić information content (AvgIpc) is 3.07. The number of benzene rings is 2. The SMILES string of the molecule is CCCCC(=O)c1nc(-c2ccc(C)cc2)nc2c1CC(=O)N2c1ccccc1C. The van der Waals surface area contributed by atoms with Gasteiger partial charge in [-0.1, -0.05) is 61.4 Å². The van der Waals surface area contributed by atoms with Gasteiger partial charge in [0, 0.05) is 17.5 Å². The van der Waals surface area contributed by atoms with Gasteiger partial charge < -0.3 is 0 Å². The highest BCUT2D eigenvalue weighted by molar-refractivity contribution is 6.10. The molecule has 1 aromatic heterocycles. The molecule has 5 heteroatoms. The van der Waals surface area contributed by atoms with Crippen LogP contribution < -0.4 is 4.90 Å². The molecule has 0 aliphatic carbocycles. The van der Waals surface area contributed by atoms with Crippen LogP contribution in [0.4, 0.5) is 11.5 Å². The standard InChI is InChI=1S/C25H25N3O2/c1-4-5-10-21(29)23-19-15-22(30)28(20-9-7-6-8-17(20)3)25(19)27-24(26-23)18-13-11-16(2)12-14-18/h6-9,11-14H,4-5,10,15H2,1-3H3. The molecule has 30 heavy (non-hydrogen) atoms. The number of aryl methyl sites for hydroxylation is 2. The fourth-order valence-electron chi connectivity index (χ4n) is 3.75. The van der Waals surface area contributed by atoms with Crippen molar-refractivity contribution in [3.8, 4) is 11.4 Å². The van der Waals surface area contributed by atoms with Crippen LogP contribution in [0.25, 0.3) is 11.4 Å². The van der Waals surface area contributed by atoms with Crippen LogP contribution in [0, 0.1) is 13.8 Å². The van der Waals surface area contributed by atoms with Crippen molar-refractivity contribution in [1.29, 1.82) is 0 Å². The Morgan fingerprint density at radius 2 is 1.77 bits per heavy atom. The van der Waals surface area contributed by atoms with Crippen LogP contribution >= 0.6 is 0 Å². The second-order valence-corrected chi connectivity index (χ2v) is 7.78. The van der Waals surface area contributed by atoms with Crippen molar-refractivity contribution in [1.82, 2.24) is 9.97 Å². The molecule has 2 aromatic carbocycles. The van der Waals surface area contributed by atoms with Gasteiger partial charge in [0.2, 0.25) is 5.91 Å². The van der Waals surface area contributed by atoms with Gasteiger partial charge in [0.1, 0.15) is 11.5 Å². The zero-order valence-electron chi connectivity index (χ0n) is 17.6. The molecule has 5 nitrogen and oxygen atoms in total. The highest BCUT2D eigenvalue weighted by Crippen LogP contribution is 2.38. The first-order valence-electron chi connectivity index (χ1n) is 10.4. The molecule has 0 spiro atoms. The van der Waals surface area contributed by atoms with Gasteiger partial charge in [-0.2, -0.15) is 0 Å². The molecule has 1 aliphatic rings. The minimum Gasteiger partial charge on any atom is -0.292 e. The molecule has 152 valence electrons. The van der Waals surface area contributed by atoms with Crippen LogP contribution in [0.5, 0.6) is 0 Å². The van der Waals surface area contributed by atoms with E-state index in [1.165, 1.54) is 0 Å². The summed E-state index contributed by atoms with van der Waals surface area (Å²) >= 11 is 0. The molecule has 0 unspecified atom stereocenters. The Balaban J connectivity index is 1.90.